The van der Waals surface area contributed by atoms with Gasteiger partial charge in [-0.15, -0.1) is 10.2 Å². The molecule has 1 heterocycles. The van der Waals surface area contributed by atoms with Crippen LogP contribution in [0.5, 0.6) is 0 Å². The summed E-state index contributed by atoms with van der Waals surface area (Å²) in [5.41, 5.74) is 5.32. The Morgan fingerprint density at radius 3 is 2.52 bits per heavy atom. The van der Waals surface area contributed by atoms with Crippen molar-refractivity contribution in [2.24, 2.45) is 5.92 Å². The summed E-state index contributed by atoms with van der Waals surface area (Å²) in [4.78, 5) is 24.0. The lowest BCUT2D eigenvalue weighted by atomic mass is 10.2. The van der Waals surface area contributed by atoms with Crippen LogP contribution in [0.4, 0.5) is 5.13 Å². The minimum absolute atomic E-state index is 0.304. The first kappa shape index (κ1) is 19.2. The topological polar surface area (TPSA) is 96.0 Å². The summed E-state index contributed by atoms with van der Waals surface area (Å²) in [6, 6.07) is 8.69. The van der Waals surface area contributed by atoms with E-state index in [1.54, 1.807) is 31.2 Å². The van der Waals surface area contributed by atoms with Gasteiger partial charge >= 0.3 is 0 Å². The number of hydrogen-bond acceptors (Lipinski definition) is 7. The van der Waals surface area contributed by atoms with Gasteiger partial charge in [-0.2, -0.15) is 0 Å². The molecule has 1 atom stereocenters. The molecule has 0 aliphatic carbocycles. The molecular weight excluding hydrogens is 358 g/mol. The normalized spacial score (nSPS) is 11.8. The van der Waals surface area contributed by atoms with Crippen LogP contribution in [-0.4, -0.2) is 33.8 Å². The lowest BCUT2D eigenvalue weighted by molar-refractivity contribution is -0.121. The zero-order chi connectivity index (χ0) is 18.2. The predicted molar refractivity (Wildman–Crippen MR) is 101 cm³/mol. The number of rotatable bonds is 7. The van der Waals surface area contributed by atoms with Gasteiger partial charge in [0.25, 0.3) is 11.8 Å². The van der Waals surface area contributed by atoms with Gasteiger partial charge in [-0.3, -0.25) is 20.4 Å². The summed E-state index contributed by atoms with van der Waals surface area (Å²) in [5, 5.41) is 11.6. The fourth-order valence-electron chi connectivity index (χ4n) is 1.71. The van der Waals surface area contributed by atoms with E-state index in [0.717, 1.165) is 11.7 Å². The van der Waals surface area contributed by atoms with Crippen molar-refractivity contribution < 1.29 is 9.59 Å². The van der Waals surface area contributed by atoms with Crippen molar-refractivity contribution in [1.29, 1.82) is 0 Å². The second-order valence-corrected chi connectivity index (χ2v) is 8.28. The first-order chi connectivity index (χ1) is 12.0. The van der Waals surface area contributed by atoms with Crippen LogP contribution >= 0.6 is 23.1 Å². The first-order valence-corrected chi connectivity index (χ1v) is 9.54. The van der Waals surface area contributed by atoms with Gasteiger partial charge in [-0.1, -0.05) is 55.1 Å². The second kappa shape index (κ2) is 9.38. The van der Waals surface area contributed by atoms with Gasteiger partial charge in [-0.25, -0.2) is 0 Å². The number of nitrogens with zero attached hydrogens (tertiary/aromatic N) is 2. The number of carbonyl (C=O) groups excluding carboxylic acids is 2. The number of nitrogens with one attached hydrogen (secondary N) is 3. The maximum absolute atomic E-state index is 12.1. The maximum atomic E-state index is 12.1. The molecule has 1 aromatic heterocycles. The van der Waals surface area contributed by atoms with Gasteiger partial charge in [-0.05, 0) is 25.0 Å². The van der Waals surface area contributed by atoms with Crippen LogP contribution < -0.4 is 16.2 Å². The molecule has 3 N–H and O–H groups in total. The minimum Gasteiger partial charge on any atom is -0.360 e. The zero-order valence-corrected chi connectivity index (χ0v) is 15.9. The quantitative estimate of drug-likeness (QED) is 0.505. The van der Waals surface area contributed by atoms with Crippen molar-refractivity contribution in [1.82, 2.24) is 21.0 Å². The van der Waals surface area contributed by atoms with Crippen molar-refractivity contribution in [2.75, 3.05) is 11.9 Å². The van der Waals surface area contributed by atoms with Crippen molar-refractivity contribution in [3.8, 4) is 0 Å². The Balaban J connectivity index is 1.79. The van der Waals surface area contributed by atoms with E-state index in [1.807, 2.05) is 6.07 Å². The van der Waals surface area contributed by atoms with E-state index in [-0.39, 0.29) is 11.8 Å². The Kier molecular flexibility index (Phi) is 7.20. The van der Waals surface area contributed by atoms with E-state index in [0.29, 0.717) is 15.8 Å². The number of benzene rings is 1. The van der Waals surface area contributed by atoms with E-state index in [9.17, 15) is 9.59 Å². The standard InChI is InChI=1S/C16H21N5O2S2/c1-10(2)9-17-15-20-21-16(25-15)24-11(3)13(22)18-19-14(23)12-7-5-4-6-8-12/h4-8,10-11H,9H2,1-3H3,(H,17,20)(H,18,22)(H,19,23)/t11-/m0/s1. The van der Waals surface area contributed by atoms with E-state index in [4.69, 9.17) is 0 Å². The highest BCUT2D eigenvalue weighted by atomic mass is 32.2. The van der Waals surface area contributed by atoms with E-state index in [2.05, 4.69) is 40.2 Å². The van der Waals surface area contributed by atoms with E-state index in [1.165, 1.54) is 23.1 Å². The summed E-state index contributed by atoms with van der Waals surface area (Å²) >= 11 is 2.70. The number of anilines is 1. The first-order valence-electron chi connectivity index (χ1n) is 7.85. The monoisotopic (exact) mass is 379 g/mol. The van der Waals surface area contributed by atoms with Crippen LogP contribution in [0.25, 0.3) is 0 Å². The third kappa shape index (κ3) is 6.35. The van der Waals surface area contributed by atoms with Gasteiger partial charge in [0.05, 0.1) is 5.25 Å². The summed E-state index contributed by atoms with van der Waals surface area (Å²) in [7, 11) is 0. The smallest absolute Gasteiger partial charge is 0.269 e. The molecule has 0 aliphatic heterocycles. The van der Waals surface area contributed by atoms with Crippen molar-refractivity contribution in [3.05, 3.63) is 35.9 Å². The number of aromatic nitrogens is 2. The lowest BCUT2D eigenvalue weighted by Gasteiger charge is -2.11. The molecule has 0 bridgehead atoms. The molecule has 9 heteroatoms. The zero-order valence-electron chi connectivity index (χ0n) is 14.3. The molecule has 0 saturated carbocycles. The van der Waals surface area contributed by atoms with Crippen molar-refractivity contribution in [3.63, 3.8) is 0 Å². The summed E-state index contributed by atoms with van der Waals surface area (Å²) in [5.74, 6) is -0.152. The van der Waals surface area contributed by atoms with Gasteiger partial charge in [0.1, 0.15) is 0 Å². The largest absolute Gasteiger partial charge is 0.360 e. The predicted octanol–water partition coefficient (Wildman–Crippen LogP) is 2.55. The Labute approximate surface area is 155 Å². The van der Waals surface area contributed by atoms with Crippen molar-refractivity contribution in [2.45, 2.75) is 30.4 Å². The molecule has 1 aromatic carbocycles. The van der Waals surface area contributed by atoms with Gasteiger partial charge in [0, 0.05) is 12.1 Å². The Bertz CT molecular complexity index is 706. The highest BCUT2D eigenvalue weighted by molar-refractivity contribution is 8.02. The highest BCUT2D eigenvalue weighted by Crippen LogP contribution is 2.28. The lowest BCUT2D eigenvalue weighted by Crippen LogP contribution is -2.44. The number of carbonyl (C=O) groups is 2. The average molecular weight is 380 g/mol. The van der Waals surface area contributed by atoms with Crippen LogP contribution in [0.2, 0.25) is 0 Å². The Morgan fingerprint density at radius 2 is 1.84 bits per heavy atom. The van der Waals surface area contributed by atoms with E-state index >= 15 is 0 Å². The SMILES string of the molecule is CC(C)CNc1nnc(S[C@@H](C)C(=O)NNC(=O)c2ccccc2)s1. The molecule has 0 saturated heterocycles. The van der Waals surface area contributed by atoms with Crippen molar-refractivity contribution >= 4 is 40.0 Å². The molecule has 0 unspecified atom stereocenters. The molecular formula is C16H21N5O2S2. The summed E-state index contributed by atoms with van der Waals surface area (Å²) in [6.07, 6.45) is 0. The fraction of sp³-hybridized carbons (Fsp3) is 0.375. The molecule has 25 heavy (non-hydrogen) atoms. The average Bonchev–Trinajstić information content (AvgIpc) is 3.05. The number of hydrogen-bond donors (Lipinski definition) is 3. The van der Waals surface area contributed by atoms with Crippen LogP contribution in [0.3, 0.4) is 0 Å². The third-order valence-corrected chi connectivity index (χ3v) is 5.12. The fourth-order valence-corrected chi connectivity index (χ4v) is 3.61. The number of amides is 2. The van der Waals surface area contributed by atoms with Gasteiger partial charge < -0.3 is 5.32 Å². The van der Waals surface area contributed by atoms with Gasteiger partial charge in [0.2, 0.25) is 5.13 Å². The van der Waals surface area contributed by atoms with Gasteiger partial charge in [0.15, 0.2) is 4.34 Å². The minimum atomic E-state index is -0.415. The van der Waals surface area contributed by atoms with Crippen LogP contribution in [0.15, 0.2) is 34.7 Å². The number of hydrazine groups is 1. The molecule has 134 valence electrons. The van der Waals surface area contributed by atoms with Crippen LogP contribution in [-0.2, 0) is 4.79 Å². The Hall–Kier alpha value is -2.13. The summed E-state index contributed by atoms with van der Waals surface area (Å²) in [6.45, 7) is 6.79. The molecule has 7 nitrogen and oxygen atoms in total. The molecule has 0 aliphatic rings. The Morgan fingerprint density at radius 1 is 1.12 bits per heavy atom. The summed E-state index contributed by atoms with van der Waals surface area (Å²) < 4.78 is 0.697. The van der Waals surface area contributed by atoms with Crippen LogP contribution in [0.1, 0.15) is 31.1 Å². The number of thioether (sulfide) groups is 1. The molecule has 0 spiro atoms. The molecule has 0 fully saturated rings. The molecule has 2 rings (SSSR count). The highest BCUT2D eigenvalue weighted by Gasteiger charge is 2.18. The molecule has 0 radical (unpaired) electrons. The van der Waals surface area contributed by atoms with Crippen LogP contribution in [0, 0.1) is 5.92 Å². The molecule has 2 amide bonds. The second-order valence-electron chi connectivity index (χ2n) is 5.72. The molecule has 2 aromatic rings. The third-order valence-electron chi connectivity index (χ3n) is 3.05. The van der Waals surface area contributed by atoms with E-state index < -0.39 is 5.25 Å². The maximum Gasteiger partial charge on any atom is 0.269 e.